The van der Waals surface area contributed by atoms with Crippen LogP contribution in [-0.2, 0) is 11.0 Å². The molecule has 0 aliphatic heterocycles. The Balaban J connectivity index is 2.12. The lowest BCUT2D eigenvalue weighted by Gasteiger charge is -2.16. The van der Waals surface area contributed by atoms with Gasteiger partial charge in [-0.3, -0.25) is 4.98 Å². The van der Waals surface area contributed by atoms with Crippen LogP contribution < -0.4 is 5.30 Å². The summed E-state index contributed by atoms with van der Waals surface area (Å²) in [5.41, 5.74) is 1.20. The lowest BCUT2D eigenvalue weighted by molar-refractivity contribution is 0.581. The third kappa shape index (κ3) is 3.08. The maximum atomic E-state index is 12.9. The lowest BCUT2D eigenvalue weighted by Crippen LogP contribution is -2.10. The number of aromatic nitrogens is 1. The first-order chi connectivity index (χ1) is 8.74. The average molecular weight is 259 g/mol. The molecular weight excluding hydrogens is 241 g/mol. The summed E-state index contributed by atoms with van der Waals surface area (Å²) in [6, 6.07) is 13.8. The fourth-order valence-electron chi connectivity index (χ4n) is 2.03. The van der Waals surface area contributed by atoms with E-state index < -0.39 is 7.14 Å². The molecule has 2 rings (SSSR count). The van der Waals surface area contributed by atoms with Gasteiger partial charge in [-0.25, -0.2) is 0 Å². The largest absolute Gasteiger partial charge is 0.319 e. The number of aryl methyl sites for hydroxylation is 1. The molecule has 0 spiro atoms. The Labute approximate surface area is 108 Å². The van der Waals surface area contributed by atoms with Gasteiger partial charge in [-0.05, 0) is 24.1 Å². The van der Waals surface area contributed by atoms with Crippen molar-refractivity contribution in [2.45, 2.75) is 13.3 Å². The molecule has 2 nitrogen and oxygen atoms in total. The van der Waals surface area contributed by atoms with Gasteiger partial charge in [0, 0.05) is 30.0 Å². The van der Waals surface area contributed by atoms with E-state index in [1.165, 1.54) is 5.56 Å². The van der Waals surface area contributed by atoms with Crippen molar-refractivity contribution >= 4 is 12.4 Å². The highest BCUT2D eigenvalue weighted by Crippen LogP contribution is 2.44. The van der Waals surface area contributed by atoms with E-state index in [9.17, 15) is 4.57 Å². The van der Waals surface area contributed by atoms with Gasteiger partial charge < -0.3 is 4.57 Å². The van der Waals surface area contributed by atoms with Crippen molar-refractivity contribution in [2.24, 2.45) is 0 Å². The third-order valence-corrected chi connectivity index (χ3v) is 6.46. The first kappa shape index (κ1) is 13.0. The van der Waals surface area contributed by atoms with Gasteiger partial charge in [-0.1, -0.05) is 37.3 Å². The highest BCUT2D eigenvalue weighted by Gasteiger charge is 2.21. The fraction of sp³-hybridized carbons (Fsp3) is 0.267. The molecule has 1 aromatic heterocycles. The van der Waals surface area contributed by atoms with Gasteiger partial charge in [0.25, 0.3) is 0 Å². The van der Waals surface area contributed by atoms with Crippen LogP contribution in [-0.4, -0.2) is 17.3 Å². The van der Waals surface area contributed by atoms with E-state index in [0.29, 0.717) is 0 Å². The zero-order valence-electron chi connectivity index (χ0n) is 10.6. The number of hydrogen-bond acceptors (Lipinski definition) is 2. The molecule has 0 fully saturated rings. The number of rotatable bonds is 5. The minimum Gasteiger partial charge on any atom is -0.319 e. The van der Waals surface area contributed by atoms with Crippen molar-refractivity contribution in [1.82, 2.24) is 4.98 Å². The van der Waals surface area contributed by atoms with Gasteiger partial charge in [-0.2, -0.15) is 0 Å². The Bertz CT molecular complexity index is 525. The Morgan fingerprint density at radius 2 is 1.72 bits per heavy atom. The molecule has 1 aromatic carbocycles. The van der Waals surface area contributed by atoms with E-state index >= 15 is 0 Å². The quantitative estimate of drug-likeness (QED) is 0.771. The van der Waals surface area contributed by atoms with Crippen LogP contribution in [0.4, 0.5) is 0 Å². The molecule has 0 saturated heterocycles. The van der Waals surface area contributed by atoms with Gasteiger partial charge in [0.05, 0.1) is 0 Å². The Morgan fingerprint density at radius 3 is 2.33 bits per heavy atom. The molecule has 0 aliphatic carbocycles. The number of nitrogens with zero attached hydrogens (tertiary/aromatic N) is 1. The van der Waals surface area contributed by atoms with E-state index in [4.69, 9.17) is 0 Å². The van der Waals surface area contributed by atoms with Crippen LogP contribution in [0, 0.1) is 0 Å². The monoisotopic (exact) mass is 259 g/mol. The molecule has 94 valence electrons. The number of pyridine rings is 1. The summed E-state index contributed by atoms with van der Waals surface area (Å²) in [4.78, 5) is 4.00. The molecule has 18 heavy (non-hydrogen) atoms. The fourth-order valence-corrected chi connectivity index (χ4v) is 4.30. The Morgan fingerprint density at radius 1 is 1.06 bits per heavy atom. The molecule has 0 aliphatic rings. The zero-order chi connectivity index (χ0) is 12.8. The normalized spacial score (nSPS) is 14.1. The van der Waals surface area contributed by atoms with E-state index in [0.717, 1.165) is 24.0 Å². The molecule has 0 radical (unpaired) electrons. The lowest BCUT2D eigenvalue weighted by atomic mass is 10.2. The smallest absolute Gasteiger partial charge is 0.115 e. The van der Waals surface area contributed by atoms with Crippen LogP contribution >= 0.6 is 7.14 Å². The Kier molecular flexibility index (Phi) is 4.33. The number of hydrogen-bond donors (Lipinski definition) is 0. The molecule has 1 unspecified atom stereocenters. The summed E-state index contributed by atoms with van der Waals surface area (Å²) in [7, 11) is -2.24. The minimum atomic E-state index is -2.24. The molecule has 0 amide bonds. The molecule has 0 bridgehead atoms. The van der Waals surface area contributed by atoms with E-state index in [1.54, 1.807) is 12.4 Å². The predicted octanol–water partition coefficient (Wildman–Crippen LogP) is 3.33. The van der Waals surface area contributed by atoms with Gasteiger partial charge in [0.2, 0.25) is 0 Å². The van der Waals surface area contributed by atoms with Crippen molar-refractivity contribution < 1.29 is 4.57 Å². The van der Waals surface area contributed by atoms with Crippen molar-refractivity contribution in [3.05, 3.63) is 60.4 Å². The molecule has 1 heterocycles. The van der Waals surface area contributed by atoms with Crippen LogP contribution in [0.2, 0.25) is 0 Å². The van der Waals surface area contributed by atoms with Crippen LogP contribution in [0.15, 0.2) is 54.9 Å². The molecule has 0 saturated carbocycles. The molecular formula is C15H18NOP. The van der Waals surface area contributed by atoms with Gasteiger partial charge in [0.15, 0.2) is 0 Å². The summed E-state index contributed by atoms with van der Waals surface area (Å²) in [6.07, 6.45) is 5.88. The van der Waals surface area contributed by atoms with Gasteiger partial charge in [0.1, 0.15) is 7.14 Å². The maximum Gasteiger partial charge on any atom is 0.115 e. The van der Waals surface area contributed by atoms with Crippen LogP contribution in [0.3, 0.4) is 0 Å². The molecule has 0 N–H and O–H groups in total. The Hall–Kier alpha value is -1.40. The maximum absolute atomic E-state index is 12.9. The second-order valence-corrected chi connectivity index (χ2v) is 7.74. The first-order valence-electron chi connectivity index (χ1n) is 6.27. The summed E-state index contributed by atoms with van der Waals surface area (Å²) in [6.45, 7) is 2.01. The summed E-state index contributed by atoms with van der Waals surface area (Å²) < 4.78 is 12.9. The number of benzene rings is 1. The molecule has 1 atom stereocenters. The van der Waals surface area contributed by atoms with Crippen LogP contribution in [0.1, 0.15) is 12.5 Å². The first-order valence-corrected chi connectivity index (χ1v) is 8.35. The van der Waals surface area contributed by atoms with Gasteiger partial charge in [-0.15, -0.1) is 0 Å². The van der Waals surface area contributed by atoms with Crippen LogP contribution in [0.5, 0.6) is 0 Å². The molecule has 3 heteroatoms. The standard InChI is InChI=1S/C15H18NOP/c1-2-18(17,15-6-4-3-5-7-15)13-10-14-8-11-16-12-9-14/h3-9,11-12H,2,10,13H2,1H3. The summed E-state index contributed by atoms with van der Waals surface area (Å²) in [5, 5.41) is 1.00. The second kappa shape index (κ2) is 5.97. The highest BCUT2D eigenvalue weighted by molar-refractivity contribution is 7.71. The van der Waals surface area contributed by atoms with Crippen molar-refractivity contribution in [2.75, 3.05) is 12.3 Å². The van der Waals surface area contributed by atoms with Crippen LogP contribution in [0.25, 0.3) is 0 Å². The van der Waals surface area contributed by atoms with Crippen molar-refractivity contribution in [1.29, 1.82) is 0 Å². The average Bonchev–Trinajstić information content (AvgIpc) is 2.47. The highest BCUT2D eigenvalue weighted by atomic mass is 31.2. The minimum absolute atomic E-state index is 0.724. The van der Waals surface area contributed by atoms with Crippen molar-refractivity contribution in [3.63, 3.8) is 0 Å². The SMILES string of the molecule is CCP(=O)(CCc1ccncc1)c1ccccc1. The molecule has 2 aromatic rings. The summed E-state index contributed by atoms with van der Waals surface area (Å²) >= 11 is 0. The van der Waals surface area contributed by atoms with Crippen molar-refractivity contribution in [3.8, 4) is 0 Å². The summed E-state index contributed by atoms with van der Waals surface area (Å²) in [5.74, 6) is 0. The van der Waals surface area contributed by atoms with E-state index in [2.05, 4.69) is 4.98 Å². The second-order valence-electron chi connectivity index (χ2n) is 4.37. The van der Waals surface area contributed by atoms with E-state index in [1.807, 2.05) is 49.4 Å². The third-order valence-electron chi connectivity index (χ3n) is 3.25. The zero-order valence-corrected chi connectivity index (χ0v) is 11.5. The predicted molar refractivity (Wildman–Crippen MR) is 77.0 cm³/mol. The van der Waals surface area contributed by atoms with E-state index in [-0.39, 0.29) is 0 Å². The topological polar surface area (TPSA) is 30.0 Å². The van der Waals surface area contributed by atoms with Gasteiger partial charge >= 0.3 is 0 Å².